The van der Waals surface area contributed by atoms with E-state index in [1.165, 1.54) is 11.1 Å². The number of fused-ring (bicyclic) bond motifs is 3. The van der Waals surface area contributed by atoms with Crippen molar-refractivity contribution in [3.8, 4) is 23.0 Å². The van der Waals surface area contributed by atoms with Gasteiger partial charge in [-0.15, -0.1) is 0 Å². The molecule has 2 aliphatic heterocycles. The molecule has 0 bridgehead atoms. The largest absolute Gasteiger partial charge is 0.493 e. The second kappa shape index (κ2) is 8.20. The number of benzene rings is 3. The van der Waals surface area contributed by atoms with Gasteiger partial charge in [0, 0.05) is 12.6 Å². The van der Waals surface area contributed by atoms with E-state index in [4.69, 9.17) is 14.2 Å². The van der Waals surface area contributed by atoms with Crippen LogP contribution in [0.3, 0.4) is 0 Å². The van der Waals surface area contributed by atoms with Gasteiger partial charge in [0.1, 0.15) is 0 Å². The van der Waals surface area contributed by atoms with Crippen molar-refractivity contribution in [2.45, 2.75) is 19.4 Å². The number of amides is 1. The van der Waals surface area contributed by atoms with Gasteiger partial charge in [-0.25, -0.2) is 0 Å². The summed E-state index contributed by atoms with van der Waals surface area (Å²) in [5.74, 6) is 2.85. The topological polar surface area (TPSA) is 51.2 Å². The Hall–Kier alpha value is -3.51. The number of carbonyl (C=O) groups excluding carboxylic acids is 1. The van der Waals surface area contributed by atoms with Crippen molar-refractivity contribution in [2.24, 2.45) is 0 Å². The lowest BCUT2D eigenvalue weighted by Gasteiger charge is -2.37. The van der Waals surface area contributed by atoms with Crippen LogP contribution in [0.25, 0.3) is 0 Å². The normalized spacial score (nSPS) is 17.0. The van der Waals surface area contributed by atoms with E-state index in [2.05, 4.69) is 17.9 Å². The summed E-state index contributed by atoms with van der Waals surface area (Å²) in [6.45, 7) is 3.24. The fourth-order valence-electron chi connectivity index (χ4n) is 4.63. The average Bonchev–Trinajstić information content (AvgIpc) is 2.83. The maximum absolute atomic E-state index is 13.7. The van der Waals surface area contributed by atoms with Crippen molar-refractivity contribution >= 4 is 17.3 Å². The molecule has 0 radical (unpaired) electrons. The molecule has 6 heteroatoms. The highest BCUT2D eigenvalue weighted by Crippen LogP contribution is 2.46. The molecule has 1 unspecified atom stereocenters. The molecule has 2 heterocycles. The molecule has 1 amide bonds. The van der Waals surface area contributed by atoms with Gasteiger partial charge in [0.2, 0.25) is 5.91 Å². The van der Waals surface area contributed by atoms with Crippen LogP contribution < -0.4 is 19.1 Å². The van der Waals surface area contributed by atoms with Crippen LogP contribution in [-0.4, -0.2) is 38.1 Å². The molecule has 0 aromatic heterocycles. The molecule has 0 N–H and O–H groups in total. The molecule has 0 saturated heterocycles. The van der Waals surface area contributed by atoms with Crippen molar-refractivity contribution in [1.82, 2.24) is 4.90 Å². The minimum Gasteiger partial charge on any atom is -0.493 e. The second-order valence-corrected chi connectivity index (χ2v) is 8.07. The summed E-state index contributed by atoms with van der Waals surface area (Å²) < 4.78 is 17.0. The Balaban J connectivity index is 1.44. The van der Waals surface area contributed by atoms with E-state index in [-0.39, 0.29) is 11.9 Å². The standard InChI is InChI=1S/C26H26N2O4/c1-17-19-15-25(31-3)24(30-2)14-18(19)12-13-27(17)16-26(29)28-20-8-4-6-10-22(20)32-23-11-7-5-9-21(23)28/h4-11,14-15,17H,12-13,16H2,1-3H3. The Morgan fingerprint density at radius 1 is 0.969 bits per heavy atom. The molecule has 32 heavy (non-hydrogen) atoms. The maximum atomic E-state index is 13.7. The van der Waals surface area contributed by atoms with Crippen molar-refractivity contribution in [3.63, 3.8) is 0 Å². The number of carbonyl (C=O) groups is 1. The Morgan fingerprint density at radius 3 is 2.19 bits per heavy atom. The smallest absolute Gasteiger partial charge is 0.245 e. The molecular formula is C26H26N2O4. The number of nitrogens with zero attached hydrogens (tertiary/aromatic N) is 2. The Morgan fingerprint density at radius 2 is 1.56 bits per heavy atom. The molecule has 2 aliphatic rings. The molecule has 0 fully saturated rings. The Bertz CT molecular complexity index is 1130. The van der Waals surface area contributed by atoms with E-state index >= 15 is 0 Å². The number of anilines is 2. The zero-order chi connectivity index (χ0) is 22.2. The van der Waals surface area contributed by atoms with Crippen molar-refractivity contribution in [1.29, 1.82) is 0 Å². The summed E-state index contributed by atoms with van der Waals surface area (Å²) in [7, 11) is 3.30. The fraction of sp³-hybridized carbons (Fsp3) is 0.269. The van der Waals surface area contributed by atoms with E-state index < -0.39 is 0 Å². The van der Waals surface area contributed by atoms with Crippen LogP contribution in [0, 0.1) is 0 Å². The van der Waals surface area contributed by atoms with E-state index in [0.717, 1.165) is 30.1 Å². The summed E-state index contributed by atoms with van der Waals surface area (Å²) in [6.07, 6.45) is 0.851. The van der Waals surface area contributed by atoms with Gasteiger partial charge in [0.25, 0.3) is 0 Å². The van der Waals surface area contributed by atoms with E-state index in [0.29, 0.717) is 23.8 Å². The average molecular weight is 431 g/mol. The van der Waals surface area contributed by atoms with Crippen molar-refractivity contribution in [2.75, 3.05) is 32.2 Å². The van der Waals surface area contributed by atoms with Crippen LogP contribution in [0.5, 0.6) is 23.0 Å². The summed E-state index contributed by atoms with van der Waals surface area (Å²) in [5.41, 5.74) is 3.95. The molecule has 1 atom stereocenters. The van der Waals surface area contributed by atoms with Gasteiger partial charge < -0.3 is 14.2 Å². The fourth-order valence-corrected chi connectivity index (χ4v) is 4.63. The third-order valence-corrected chi connectivity index (χ3v) is 6.33. The zero-order valence-electron chi connectivity index (χ0n) is 18.5. The molecule has 3 aromatic rings. The Labute approximate surface area is 187 Å². The molecule has 164 valence electrons. The van der Waals surface area contributed by atoms with Gasteiger partial charge in [-0.1, -0.05) is 24.3 Å². The SMILES string of the molecule is COc1cc2c(cc1OC)C(C)N(CC(=O)N1c3ccccc3Oc3ccccc31)CC2. The van der Waals surface area contributed by atoms with Crippen LogP contribution in [-0.2, 0) is 11.2 Å². The first-order valence-electron chi connectivity index (χ1n) is 10.8. The van der Waals surface area contributed by atoms with Crippen LogP contribution >= 0.6 is 0 Å². The second-order valence-electron chi connectivity index (χ2n) is 8.07. The van der Waals surface area contributed by atoms with Gasteiger partial charge in [-0.2, -0.15) is 0 Å². The first-order valence-corrected chi connectivity index (χ1v) is 10.8. The number of rotatable bonds is 4. The molecule has 3 aromatic carbocycles. The maximum Gasteiger partial charge on any atom is 0.245 e. The third kappa shape index (κ3) is 3.37. The quantitative estimate of drug-likeness (QED) is 0.577. The minimum atomic E-state index is 0.0176. The van der Waals surface area contributed by atoms with Crippen LogP contribution in [0.1, 0.15) is 24.1 Å². The van der Waals surface area contributed by atoms with Gasteiger partial charge in [0.05, 0.1) is 32.1 Å². The van der Waals surface area contributed by atoms with Gasteiger partial charge in [-0.05, 0) is 60.9 Å². The predicted octanol–water partition coefficient (Wildman–Crippen LogP) is 5.09. The highest BCUT2D eigenvalue weighted by atomic mass is 16.5. The third-order valence-electron chi connectivity index (χ3n) is 6.33. The molecule has 0 aliphatic carbocycles. The number of hydrogen-bond acceptors (Lipinski definition) is 5. The lowest BCUT2D eigenvalue weighted by atomic mass is 9.92. The summed E-state index contributed by atoms with van der Waals surface area (Å²) in [5, 5.41) is 0. The predicted molar refractivity (Wildman–Crippen MR) is 123 cm³/mol. The van der Waals surface area contributed by atoms with Crippen LogP contribution in [0.4, 0.5) is 11.4 Å². The lowest BCUT2D eigenvalue weighted by molar-refractivity contribution is -0.119. The monoisotopic (exact) mass is 430 g/mol. The van der Waals surface area contributed by atoms with Crippen LogP contribution in [0.2, 0.25) is 0 Å². The van der Waals surface area contributed by atoms with Gasteiger partial charge in [-0.3, -0.25) is 14.6 Å². The zero-order valence-corrected chi connectivity index (χ0v) is 18.5. The molecule has 0 spiro atoms. The first kappa shape index (κ1) is 20.4. The molecular weight excluding hydrogens is 404 g/mol. The van der Waals surface area contributed by atoms with Crippen molar-refractivity contribution < 1.29 is 19.0 Å². The number of methoxy groups -OCH3 is 2. The van der Waals surface area contributed by atoms with Crippen molar-refractivity contribution in [3.05, 3.63) is 71.8 Å². The Kier molecular flexibility index (Phi) is 5.23. The summed E-state index contributed by atoms with van der Waals surface area (Å²) >= 11 is 0. The highest BCUT2D eigenvalue weighted by molar-refractivity contribution is 6.05. The summed E-state index contributed by atoms with van der Waals surface area (Å²) in [4.78, 5) is 17.7. The molecule has 6 nitrogen and oxygen atoms in total. The molecule has 0 saturated carbocycles. The van der Waals surface area contributed by atoms with Crippen LogP contribution in [0.15, 0.2) is 60.7 Å². The lowest BCUT2D eigenvalue weighted by Crippen LogP contribution is -2.43. The minimum absolute atomic E-state index is 0.0176. The summed E-state index contributed by atoms with van der Waals surface area (Å²) in [6, 6.07) is 19.5. The van der Waals surface area contributed by atoms with Gasteiger partial charge >= 0.3 is 0 Å². The number of hydrogen-bond donors (Lipinski definition) is 0. The molecule has 5 rings (SSSR count). The highest BCUT2D eigenvalue weighted by Gasteiger charge is 2.33. The number of ether oxygens (including phenoxy) is 3. The number of para-hydroxylation sites is 4. The first-order chi connectivity index (χ1) is 15.6. The van der Waals surface area contributed by atoms with E-state index in [1.807, 2.05) is 54.6 Å². The van der Waals surface area contributed by atoms with E-state index in [9.17, 15) is 4.79 Å². The van der Waals surface area contributed by atoms with E-state index in [1.54, 1.807) is 19.1 Å². The van der Waals surface area contributed by atoms with Gasteiger partial charge in [0.15, 0.2) is 23.0 Å².